The fourth-order valence-electron chi connectivity index (χ4n) is 2.49. The van der Waals surface area contributed by atoms with Crippen molar-refractivity contribution < 1.29 is 13.2 Å². The fourth-order valence-corrected chi connectivity index (χ4v) is 3.29. The maximum atomic E-state index is 11.5. The molecule has 0 unspecified atom stereocenters. The first-order chi connectivity index (χ1) is 12.8. The molecule has 0 fully saturated rings. The van der Waals surface area contributed by atoms with Crippen LogP contribution < -0.4 is 15.4 Å². The molecule has 2 aromatic rings. The predicted octanol–water partition coefficient (Wildman–Crippen LogP) is 3.28. The maximum absolute atomic E-state index is 11.5. The third-order valence-electron chi connectivity index (χ3n) is 3.98. The molecule has 28 heavy (non-hydrogen) atoms. The lowest BCUT2D eigenvalue weighted by Crippen LogP contribution is -2.37. The minimum absolute atomic E-state index is 0. The zero-order valence-electron chi connectivity index (χ0n) is 16.0. The lowest BCUT2D eigenvalue weighted by Gasteiger charge is -2.14. The van der Waals surface area contributed by atoms with Gasteiger partial charge in [-0.2, -0.15) is 0 Å². The van der Waals surface area contributed by atoms with Crippen LogP contribution in [-0.2, 0) is 22.8 Å². The molecule has 2 aromatic carbocycles. The topological polar surface area (TPSA) is 79.8 Å². The highest BCUT2D eigenvalue weighted by Gasteiger charge is 2.07. The molecule has 6 nitrogen and oxygen atoms in total. The van der Waals surface area contributed by atoms with Crippen LogP contribution in [0.3, 0.4) is 0 Å². The summed E-state index contributed by atoms with van der Waals surface area (Å²) in [5.41, 5.74) is 2.02. The van der Waals surface area contributed by atoms with Gasteiger partial charge in [0.05, 0.1) is 12.0 Å². The first kappa shape index (κ1) is 24.5. The Balaban J connectivity index is 0.00000392. The second kappa shape index (κ2) is 11.5. The molecular formula is C19H25ClIN3O3S. The molecule has 0 saturated carbocycles. The van der Waals surface area contributed by atoms with E-state index in [1.807, 2.05) is 24.3 Å². The van der Waals surface area contributed by atoms with Gasteiger partial charge in [0.25, 0.3) is 0 Å². The van der Waals surface area contributed by atoms with E-state index in [0.29, 0.717) is 29.0 Å². The van der Waals surface area contributed by atoms with E-state index in [4.69, 9.17) is 16.3 Å². The van der Waals surface area contributed by atoms with E-state index in [9.17, 15) is 8.42 Å². The molecule has 0 saturated heterocycles. The van der Waals surface area contributed by atoms with Gasteiger partial charge in [-0.1, -0.05) is 29.8 Å². The van der Waals surface area contributed by atoms with E-state index >= 15 is 0 Å². The van der Waals surface area contributed by atoms with Gasteiger partial charge in [0.2, 0.25) is 0 Å². The second-order valence-electron chi connectivity index (χ2n) is 5.97. The summed E-state index contributed by atoms with van der Waals surface area (Å²) >= 11 is 5.98. The van der Waals surface area contributed by atoms with Gasteiger partial charge in [-0.25, -0.2) is 8.42 Å². The van der Waals surface area contributed by atoms with Crippen LogP contribution in [0.1, 0.15) is 11.1 Å². The number of nitrogens with zero attached hydrogens (tertiary/aromatic N) is 1. The number of methoxy groups -OCH3 is 1. The van der Waals surface area contributed by atoms with Crippen LogP contribution in [0.5, 0.6) is 5.75 Å². The predicted molar refractivity (Wildman–Crippen MR) is 125 cm³/mol. The van der Waals surface area contributed by atoms with Crippen molar-refractivity contribution in [1.82, 2.24) is 10.6 Å². The molecule has 0 aliphatic rings. The van der Waals surface area contributed by atoms with Crippen LogP contribution in [0.4, 0.5) is 0 Å². The number of guanidine groups is 1. The fraction of sp³-hybridized carbons (Fsp3) is 0.316. The second-order valence-corrected chi connectivity index (χ2v) is 8.43. The van der Waals surface area contributed by atoms with Crippen molar-refractivity contribution in [2.24, 2.45) is 4.99 Å². The van der Waals surface area contributed by atoms with Crippen molar-refractivity contribution >= 4 is 51.4 Å². The van der Waals surface area contributed by atoms with Crippen molar-refractivity contribution in [3.8, 4) is 5.75 Å². The van der Waals surface area contributed by atoms with E-state index in [1.54, 1.807) is 32.4 Å². The normalized spacial score (nSPS) is 11.5. The minimum atomic E-state index is -3.16. The summed E-state index contributed by atoms with van der Waals surface area (Å²) in [7, 11) is 0.149. The number of sulfone groups is 1. The number of benzene rings is 2. The molecule has 0 radical (unpaired) electrons. The molecule has 0 aliphatic carbocycles. The van der Waals surface area contributed by atoms with Crippen molar-refractivity contribution in [2.45, 2.75) is 17.9 Å². The zero-order valence-corrected chi connectivity index (χ0v) is 19.9. The highest BCUT2D eigenvalue weighted by molar-refractivity contribution is 14.0. The van der Waals surface area contributed by atoms with Gasteiger partial charge in [0.15, 0.2) is 15.8 Å². The first-order valence-electron chi connectivity index (χ1n) is 8.39. The quantitative estimate of drug-likeness (QED) is 0.322. The van der Waals surface area contributed by atoms with Crippen LogP contribution in [0.15, 0.2) is 52.4 Å². The Hall–Kier alpha value is -1.52. The van der Waals surface area contributed by atoms with Gasteiger partial charge in [-0.05, 0) is 36.2 Å². The van der Waals surface area contributed by atoms with Gasteiger partial charge in [-0.3, -0.25) is 4.99 Å². The Labute approximate surface area is 188 Å². The molecule has 154 valence electrons. The van der Waals surface area contributed by atoms with E-state index in [2.05, 4.69) is 15.6 Å². The zero-order chi connectivity index (χ0) is 19.9. The Morgan fingerprint density at radius 1 is 1.14 bits per heavy atom. The van der Waals surface area contributed by atoms with Gasteiger partial charge < -0.3 is 15.4 Å². The van der Waals surface area contributed by atoms with Crippen LogP contribution in [0, 0.1) is 0 Å². The molecule has 2 N–H and O–H groups in total. The summed E-state index contributed by atoms with van der Waals surface area (Å²) in [6.45, 7) is 1.21. The molecule has 0 spiro atoms. The Bertz CT molecular complexity index is 903. The third-order valence-corrected chi connectivity index (χ3v) is 5.34. The molecule has 9 heteroatoms. The number of rotatable bonds is 7. The lowest BCUT2D eigenvalue weighted by atomic mass is 10.1. The molecule has 2 rings (SSSR count). The van der Waals surface area contributed by atoms with Crippen LogP contribution in [0.25, 0.3) is 0 Å². The van der Waals surface area contributed by atoms with Crippen molar-refractivity contribution in [3.63, 3.8) is 0 Å². The van der Waals surface area contributed by atoms with Crippen LogP contribution >= 0.6 is 35.6 Å². The summed E-state index contributed by atoms with van der Waals surface area (Å²) in [5.74, 6) is 1.39. The number of halogens is 2. The average molecular weight is 538 g/mol. The smallest absolute Gasteiger partial charge is 0.191 e. The van der Waals surface area contributed by atoms with Crippen molar-refractivity contribution in [2.75, 3.05) is 27.0 Å². The van der Waals surface area contributed by atoms with Gasteiger partial charge >= 0.3 is 0 Å². The van der Waals surface area contributed by atoms with Crippen LogP contribution in [-0.4, -0.2) is 41.3 Å². The largest absolute Gasteiger partial charge is 0.496 e. The highest BCUT2D eigenvalue weighted by atomic mass is 127. The standard InChI is InChI=1S/C19H24ClN3O3S.HI/c1-21-19(23-13-15-6-7-16(20)12-18(15)26-2)22-11-10-14-4-8-17(9-5-14)27(3,24)25;/h4-9,12H,10-11,13H2,1-3H3,(H2,21,22,23);1H. The highest BCUT2D eigenvalue weighted by Crippen LogP contribution is 2.22. The molecule has 0 heterocycles. The molecule has 0 bridgehead atoms. The number of hydrogen-bond donors (Lipinski definition) is 2. The van der Waals surface area contributed by atoms with Crippen molar-refractivity contribution in [1.29, 1.82) is 0 Å². The number of ether oxygens (including phenoxy) is 1. The third kappa shape index (κ3) is 7.48. The number of hydrogen-bond acceptors (Lipinski definition) is 4. The molecule has 0 aliphatic heterocycles. The molecular weight excluding hydrogens is 513 g/mol. The molecule has 0 atom stereocenters. The summed E-state index contributed by atoms with van der Waals surface area (Å²) in [6, 6.07) is 12.4. The SMILES string of the molecule is CN=C(NCCc1ccc(S(C)(=O)=O)cc1)NCc1ccc(Cl)cc1OC.I. The Morgan fingerprint density at radius 2 is 1.82 bits per heavy atom. The van der Waals surface area contributed by atoms with Gasteiger partial charge in [0, 0.05) is 37.0 Å². The summed E-state index contributed by atoms with van der Waals surface area (Å²) in [6.07, 6.45) is 1.95. The summed E-state index contributed by atoms with van der Waals surface area (Å²) in [4.78, 5) is 4.53. The van der Waals surface area contributed by atoms with Gasteiger partial charge in [-0.15, -0.1) is 24.0 Å². The first-order valence-corrected chi connectivity index (χ1v) is 10.7. The average Bonchev–Trinajstić information content (AvgIpc) is 2.64. The molecule has 0 aromatic heterocycles. The van der Waals surface area contributed by atoms with Crippen molar-refractivity contribution in [3.05, 3.63) is 58.6 Å². The number of nitrogens with one attached hydrogen (secondary N) is 2. The summed E-state index contributed by atoms with van der Waals surface area (Å²) < 4.78 is 28.3. The van der Waals surface area contributed by atoms with E-state index in [1.165, 1.54) is 6.26 Å². The lowest BCUT2D eigenvalue weighted by molar-refractivity contribution is 0.409. The number of aliphatic imine (C=N–C) groups is 1. The van der Waals surface area contributed by atoms with Crippen LogP contribution in [0.2, 0.25) is 5.02 Å². The molecule has 0 amide bonds. The Kier molecular flexibility index (Phi) is 10.0. The summed E-state index contributed by atoms with van der Waals surface area (Å²) in [5, 5.41) is 7.09. The van der Waals surface area contributed by atoms with Gasteiger partial charge in [0.1, 0.15) is 5.75 Å². The Morgan fingerprint density at radius 3 is 2.39 bits per heavy atom. The van der Waals surface area contributed by atoms with E-state index in [0.717, 1.165) is 23.3 Å². The monoisotopic (exact) mass is 537 g/mol. The maximum Gasteiger partial charge on any atom is 0.191 e. The van der Waals surface area contributed by atoms with E-state index in [-0.39, 0.29) is 24.0 Å². The van der Waals surface area contributed by atoms with E-state index < -0.39 is 9.84 Å². The minimum Gasteiger partial charge on any atom is -0.496 e.